The molecule has 0 radical (unpaired) electrons. The van der Waals surface area contributed by atoms with Crippen LogP contribution in [0.2, 0.25) is 0 Å². The molecule has 156 valence electrons. The van der Waals surface area contributed by atoms with Crippen LogP contribution in [0.25, 0.3) is 11.2 Å². The zero-order valence-electron chi connectivity index (χ0n) is 17.4. The number of aromatic hydroxyl groups is 1. The van der Waals surface area contributed by atoms with Gasteiger partial charge in [-0.15, -0.1) is 0 Å². The molecular formula is C20H28N6O3. The first-order valence-corrected chi connectivity index (χ1v) is 9.51. The third-order valence-electron chi connectivity index (χ3n) is 4.87. The number of nitrogens with one attached hydrogen (secondary N) is 2. The fourth-order valence-electron chi connectivity index (χ4n) is 3.18. The van der Waals surface area contributed by atoms with Gasteiger partial charge in [0, 0.05) is 19.2 Å². The largest absolute Gasteiger partial charge is 0.504 e. The summed E-state index contributed by atoms with van der Waals surface area (Å²) in [4.78, 5) is 13.5. The number of aryl methyl sites for hydroxylation is 1. The monoisotopic (exact) mass is 400 g/mol. The van der Waals surface area contributed by atoms with E-state index in [1.807, 2.05) is 26.1 Å². The van der Waals surface area contributed by atoms with Crippen LogP contribution in [-0.4, -0.2) is 48.5 Å². The van der Waals surface area contributed by atoms with Crippen molar-refractivity contribution in [3.63, 3.8) is 0 Å². The van der Waals surface area contributed by atoms with Crippen LogP contribution in [0.3, 0.4) is 0 Å². The Kier molecular flexibility index (Phi) is 5.78. The smallest absolute Gasteiger partial charge is 0.227 e. The van der Waals surface area contributed by atoms with Gasteiger partial charge in [-0.1, -0.05) is 19.1 Å². The van der Waals surface area contributed by atoms with Crippen LogP contribution >= 0.6 is 0 Å². The first-order chi connectivity index (χ1) is 13.7. The highest BCUT2D eigenvalue weighted by atomic mass is 16.5. The molecule has 9 heteroatoms. The lowest BCUT2D eigenvalue weighted by atomic mass is 9.97. The van der Waals surface area contributed by atoms with Gasteiger partial charge in [-0.2, -0.15) is 9.97 Å². The van der Waals surface area contributed by atoms with Crippen molar-refractivity contribution in [2.75, 3.05) is 17.7 Å². The van der Waals surface area contributed by atoms with Crippen molar-refractivity contribution in [1.82, 2.24) is 19.5 Å². The van der Waals surface area contributed by atoms with Gasteiger partial charge >= 0.3 is 0 Å². The lowest BCUT2D eigenvalue weighted by molar-refractivity contribution is 0.0577. The number of phenolic OH excluding ortho intramolecular Hbond substituents is 1. The average molecular weight is 400 g/mol. The van der Waals surface area contributed by atoms with Crippen LogP contribution in [0.15, 0.2) is 24.5 Å². The second-order valence-electron chi connectivity index (χ2n) is 7.50. The number of rotatable bonds is 8. The summed E-state index contributed by atoms with van der Waals surface area (Å²) in [5, 5.41) is 27.2. The number of hydrogen-bond donors (Lipinski definition) is 4. The second-order valence-corrected chi connectivity index (χ2v) is 7.50. The Bertz CT molecular complexity index is 996. The number of phenols is 1. The molecule has 0 saturated heterocycles. The van der Waals surface area contributed by atoms with E-state index in [1.54, 1.807) is 30.8 Å². The molecule has 1 unspecified atom stereocenters. The summed E-state index contributed by atoms with van der Waals surface area (Å²) in [5.41, 5.74) is 1.02. The molecule has 0 fully saturated rings. The van der Waals surface area contributed by atoms with Crippen molar-refractivity contribution in [2.24, 2.45) is 7.05 Å². The molecule has 1 atom stereocenters. The van der Waals surface area contributed by atoms with E-state index in [9.17, 15) is 10.2 Å². The third-order valence-corrected chi connectivity index (χ3v) is 4.87. The van der Waals surface area contributed by atoms with E-state index in [-0.39, 0.29) is 11.8 Å². The predicted molar refractivity (Wildman–Crippen MR) is 112 cm³/mol. The Morgan fingerprint density at radius 3 is 2.69 bits per heavy atom. The van der Waals surface area contributed by atoms with Gasteiger partial charge < -0.3 is 30.2 Å². The fourth-order valence-corrected chi connectivity index (χ4v) is 3.18. The number of nitrogens with zero attached hydrogens (tertiary/aromatic N) is 4. The van der Waals surface area contributed by atoms with Crippen LogP contribution < -0.4 is 15.4 Å². The van der Waals surface area contributed by atoms with Gasteiger partial charge in [-0.3, -0.25) is 0 Å². The van der Waals surface area contributed by atoms with E-state index >= 15 is 0 Å². The van der Waals surface area contributed by atoms with Crippen LogP contribution in [0, 0.1) is 0 Å². The molecule has 0 aliphatic carbocycles. The van der Waals surface area contributed by atoms with Gasteiger partial charge in [0.2, 0.25) is 5.95 Å². The van der Waals surface area contributed by atoms with Gasteiger partial charge in [-0.05, 0) is 26.3 Å². The molecule has 2 heterocycles. The summed E-state index contributed by atoms with van der Waals surface area (Å²) in [7, 11) is 3.37. The topological polar surface area (TPSA) is 117 Å². The SMILES string of the molecule is CCC(Nc1nc(NCc2cccc(OC)c2O)c2ncn(C)c2n1)C(C)(C)O. The highest BCUT2D eigenvalue weighted by Crippen LogP contribution is 2.30. The van der Waals surface area contributed by atoms with Gasteiger partial charge in [0.1, 0.15) is 0 Å². The van der Waals surface area contributed by atoms with E-state index in [0.717, 1.165) is 0 Å². The van der Waals surface area contributed by atoms with Crippen LogP contribution in [0.1, 0.15) is 32.8 Å². The van der Waals surface area contributed by atoms with Crippen LogP contribution in [0.4, 0.5) is 11.8 Å². The zero-order chi connectivity index (χ0) is 21.2. The molecule has 3 aromatic rings. The van der Waals surface area contributed by atoms with Crippen molar-refractivity contribution in [2.45, 2.75) is 45.4 Å². The van der Waals surface area contributed by atoms with Gasteiger partial charge in [0.05, 0.1) is 25.1 Å². The van der Waals surface area contributed by atoms with Crippen molar-refractivity contribution in [1.29, 1.82) is 0 Å². The number of hydrogen-bond acceptors (Lipinski definition) is 8. The molecule has 0 spiro atoms. The Morgan fingerprint density at radius 1 is 1.28 bits per heavy atom. The Labute approximate surface area is 169 Å². The molecule has 0 aliphatic rings. The molecule has 9 nitrogen and oxygen atoms in total. The molecule has 1 aromatic carbocycles. The highest BCUT2D eigenvalue weighted by molar-refractivity contribution is 5.84. The molecular weight excluding hydrogens is 372 g/mol. The van der Waals surface area contributed by atoms with E-state index in [1.165, 1.54) is 7.11 Å². The summed E-state index contributed by atoms with van der Waals surface area (Å²) in [5.74, 6) is 1.42. The van der Waals surface area contributed by atoms with Gasteiger partial charge in [0.25, 0.3) is 0 Å². The summed E-state index contributed by atoms with van der Waals surface area (Å²) >= 11 is 0. The van der Waals surface area contributed by atoms with Crippen molar-refractivity contribution < 1.29 is 14.9 Å². The molecule has 0 amide bonds. The number of imidazole rings is 1. The van der Waals surface area contributed by atoms with Crippen molar-refractivity contribution in [3.05, 3.63) is 30.1 Å². The molecule has 0 bridgehead atoms. The number of fused-ring (bicyclic) bond motifs is 1. The maximum Gasteiger partial charge on any atom is 0.227 e. The summed E-state index contributed by atoms with van der Waals surface area (Å²) < 4.78 is 6.97. The summed E-state index contributed by atoms with van der Waals surface area (Å²) in [6.45, 7) is 5.82. The lowest BCUT2D eigenvalue weighted by Gasteiger charge is -2.29. The minimum Gasteiger partial charge on any atom is -0.504 e. The first kappa shape index (κ1) is 20.7. The third kappa shape index (κ3) is 4.34. The molecule has 4 N–H and O–H groups in total. The number of benzene rings is 1. The molecule has 0 aliphatic heterocycles. The fraction of sp³-hybridized carbons (Fsp3) is 0.450. The number of para-hydroxylation sites is 1. The lowest BCUT2D eigenvalue weighted by Crippen LogP contribution is -2.41. The zero-order valence-corrected chi connectivity index (χ0v) is 17.4. The van der Waals surface area contributed by atoms with E-state index in [0.29, 0.717) is 47.2 Å². The van der Waals surface area contributed by atoms with E-state index in [2.05, 4.69) is 25.6 Å². The maximum absolute atomic E-state index is 10.4. The summed E-state index contributed by atoms with van der Waals surface area (Å²) in [6, 6.07) is 5.10. The van der Waals surface area contributed by atoms with Crippen molar-refractivity contribution in [3.8, 4) is 11.5 Å². The highest BCUT2D eigenvalue weighted by Gasteiger charge is 2.26. The second kappa shape index (κ2) is 8.12. The molecule has 29 heavy (non-hydrogen) atoms. The molecule has 3 rings (SSSR count). The summed E-state index contributed by atoms with van der Waals surface area (Å²) in [6.07, 6.45) is 2.38. The number of methoxy groups -OCH3 is 1. The normalized spacial score (nSPS) is 12.8. The van der Waals surface area contributed by atoms with Crippen LogP contribution in [0.5, 0.6) is 11.5 Å². The minimum atomic E-state index is -0.931. The maximum atomic E-state index is 10.4. The van der Waals surface area contributed by atoms with Crippen molar-refractivity contribution >= 4 is 22.9 Å². The quantitative estimate of drug-likeness (QED) is 0.456. The Balaban J connectivity index is 1.93. The minimum absolute atomic E-state index is 0.0836. The van der Waals surface area contributed by atoms with Gasteiger partial charge in [-0.25, -0.2) is 4.98 Å². The number of ether oxygens (including phenoxy) is 1. The average Bonchev–Trinajstić information content (AvgIpc) is 3.05. The number of aliphatic hydroxyl groups is 1. The van der Waals surface area contributed by atoms with Crippen LogP contribution in [-0.2, 0) is 13.6 Å². The molecule has 2 aromatic heterocycles. The van der Waals surface area contributed by atoms with E-state index in [4.69, 9.17) is 4.74 Å². The number of aromatic nitrogens is 4. The predicted octanol–water partition coefficient (Wildman–Crippen LogP) is 2.65. The Hall–Kier alpha value is -3.07. The van der Waals surface area contributed by atoms with E-state index < -0.39 is 5.60 Å². The number of anilines is 2. The molecule has 0 saturated carbocycles. The Morgan fingerprint density at radius 2 is 2.03 bits per heavy atom. The first-order valence-electron chi connectivity index (χ1n) is 9.51. The van der Waals surface area contributed by atoms with Gasteiger partial charge in [0.15, 0.2) is 28.5 Å². The standard InChI is InChI=1S/C20H28N6O3/c1-6-14(20(2,3)28)23-19-24-17(15-18(25-19)26(4)11-22-15)21-10-12-8-7-9-13(29-5)16(12)27/h7-9,11,14,27-28H,6,10H2,1-5H3,(H2,21,23,24,25).